The van der Waals surface area contributed by atoms with E-state index in [9.17, 15) is 19.8 Å². The van der Waals surface area contributed by atoms with Crippen LogP contribution >= 0.6 is 0 Å². The number of phenols is 1. The number of aromatic hydroxyl groups is 1. The van der Waals surface area contributed by atoms with E-state index >= 15 is 0 Å². The van der Waals surface area contributed by atoms with E-state index in [4.69, 9.17) is 10.5 Å². The second kappa shape index (κ2) is 23.1. The Kier molecular flexibility index (Phi) is 17.4. The molecular weight excluding hydrogens is 761 g/mol. The fourth-order valence-corrected chi connectivity index (χ4v) is 10.3. The van der Waals surface area contributed by atoms with Crippen molar-refractivity contribution in [3.05, 3.63) is 124 Å². The zero-order valence-electron chi connectivity index (χ0n) is 36.7. The minimum absolute atomic E-state index is 0.0352. The maximum Gasteiger partial charge on any atom is 0.163 e. The first-order valence-electron chi connectivity index (χ1n) is 22.8. The largest absolute Gasteiger partial charge is 0.504 e. The number of aliphatic hydroxyl groups is 1. The van der Waals surface area contributed by atoms with Gasteiger partial charge in [-0.1, -0.05) is 67.4 Å². The fourth-order valence-electron chi connectivity index (χ4n) is 10.3. The van der Waals surface area contributed by atoms with E-state index in [0.29, 0.717) is 29.9 Å². The van der Waals surface area contributed by atoms with Crippen molar-refractivity contribution in [1.82, 2.24) is 16.0 Å². The number of phenolic OH excluding ortho intramolecular Hbond substituents is 1. The molecule has 0 amide bonds. The topological polar surface area (TPSA) is 146 Å². The van der Waals surface area contributed by atoms with Gasteiger partial charge in [-0.15, -0.1) is 0 Å². The Morgan fingerprint density at radius 2 is 1.66 bits per heavy atom. The van der Waals surface area contributed by atoms with Crippen LogP contribution in [-0.4, -0.2) is 68.3 Å². The molecule has 61 heavy (non-hydrogen) atoms. The van der Waals surface area contributed by atoms with Gasteiger partial charge >= 0.3 is 0 Å². The molecule has 1 saturated carbocycles. The fraction of sp³-hybridized carbons (Fsp3) is 0.500. The summed E-state index contributed by atoms with van der Waals surface area (Å²) in [6, 6.07) is 22.6. The number of aryl methyl sites for hydroxylation is 3. The van der Waals surface area contributed by atoms with Crippen LogP contribution in [0.4, 0.5) is 0 Å². The maximum atomic E-state index is 13.5. The third kappa shape index (κ3) is 13.5. The molecule has 2 atom stereocenters. The van der Waals surface area contributed by atoms with Gasteiger partial charge in [0.2, 0.25) is 0 Å². The Labute approximate surface area is 364 Å². The smallest absolute Gasteiger partial charge is 0.163 e. The lowest BCUT2D eigenvalue weighted by Gasteiger charge is -2.38. The number of hydrogen-bond acceptors (Lipinski definition) is 9. The summed E-state index contributed by atoms with van der Waals surface area (Å²) >= 11 is 0. The second-order valence-electron chi connectivity index (χ2n) is 17.9. The molecular formula is C52H70N4O5. The van der Waals surface area contributed by atoms with Crippen molar-refractivity contribution in [3.8, 4) is 11.5 Å². The average molecular weight is 831 g/mol. The summed E-state index contributed by atoms with van der Waals surface area (Å²) in [4.78, 5) is 26.8. The van der Waals surface area contributed by atoms with Crippen LogP contribution in [0, 0.1) is 17.3 Å². The van der Waals surface area contributed by atoms with Crippen molar-refractivity contribution in [3.63, 3.8) is 0 Å². The second-order valence-corrected chi connectivity index (χ2v) is 17.9. The third-order valence-electron chi connectivity index (χ3n) is 13.5. The summed E-state index contributed by atoms with van der Waals surface area (Å²) in [5.41, 5.74) is 14.3. The molecule has 3 aromatic carbocycles. The quantitative estimate of drug-likeness (QED) is 0.0415. The molecule has 1 saturated heterocycles. The first-order valence-corrected chi connectivity index (χ1v) is 22.8. The van der Waals surface area contributed by atoms with Gasteiger partial charge in [0.15, 0.2) is 17.3 Å². The van der Waals surface area contributed by atoms with E-state index in [0.717, 1.165) is 80.8 Å². The van der Waals surface area contributed by atoms with E-state index in [1.54, 1.807) is 12.1 Å². The molecule has 3 aliphatic rings. The molecule has 3 aromatic rings. The molecule has 2 fully saturated rings. The van der Waals surface area contributed by atoms with Gasteiger partial charge in [0.1, 0.15) is 5.78 Å². The summed E-state index contributed by atoms with van der Waals surface area (Å²) < 4.78 is 5.48. The van der Waals surface area contributed by atoms with Gasteiger partial charge in [0, 0.05) is 12.6 Å². The number of carbonyl (C=O) groups is 2. The molecule has 1 aliphatic carbocycles. The molecule has 2 aliphatic heterocycles. The van der Waals surface area contributed by atoms with Gasteiger partial charge in [0.25, 0.3) is 0 Å². The monoisotopic (exact) mass is 831 g/mol. The summed E-state index contributed by atoms with van der Waals surface area (Å²) in [6.07, 6.45) is 19.7. The number of hydrogen-bond donors (Lipinski definition) is 6. The Hall–Kier alpha value is -4.54. The highest BCUT2D eigenvalue weighted by atomic mass is 16.5. The predicted octanol–water partition coefficient (Wildman–Crippen LogP) is 7.92. The van der Waals surface area contributed by atoms with Crippen LogP contribution < -0.4 is 26.4 Å². The first kappa shape index (κ1) is 46.0. The Balaban J connectivity index is 1.09. The predicted molar refractivity (Wildman–Crippen MR) is 246 cm³/mol. The zero-order chi connectivity index (χ0) is 43.0. The highest BCUT2D eigenvalue weighted by Crippen LogP contribution is 2.49. The molecule has 9 heteroatoms. The number of carbonyl (C=O) groups excluding carboxylic acids is 2. The third-order valence-corrected chi connectivity index (χ3v) is 13.5. The van der Waals surface area contributed by atoms with Crippen LogP contribution in [-0.2, 0) is 35.3 Å². The lowest BCUT2D eigenvalue weighted by molar-refractivity contribution is -0.124. The molecule has 0 spiro atoms. The Bertz CT molecular complexity index is 1990. The first-order chi connectivity index (χ1) is 29.7. The Morgan fingerprint density at radius 1 is 0.951 bits per heavy atom. The van der Waals surface area contributed by atoms with Crippen LogP contribution in [0.5, 0.6) is 11.5 Å². The van der Waals surface area contributed by atoms with Crippen LogP contribution in [0.2, 0.25) is 0 Å². The van der Waals surface area contributed by atoms with E-state index in [1.165, 1.54) is 74.8 Å². The molecule has 9 nitrogen and oxygen atoms in total. The molecule has 0 radical (unpaired) electrons. The van der Waals surface area contributed by atoms with Crippen LogP contribution in [0.3, 0.4) is 0 Å². The van der Waals surface area contributed by atoms with Gasteiger partial charge < -0.3 is 36.6 Å². The van der Waals surface area contributed by atoms with Crippen molar-refractivity contribution < 1.29 is 24.5 Å². The van der Waals surface area contributed by atoms with Gasteiger partial charge in [-0.3, -0.25) is 9.59 Å². The summed E-state index contributed by atoms with van der Waals surface area (Å²) in [6.45, 7) is 2.83. The lowest BCUT2D eigenvalue weighted by atomic mass is 9.69. The van der Waals surface area contributed by atoms with Crippen molar-refractivity contribution in [2.24, 2.45) is 23.0 Å². The molecule has 0 bridgehead atoms. The number of allylic oxidation sites excluding steroid dienone is 3. The van der Waals surface area contributed by atoms with Gasteiger partial charge in [-0.2, -0.15) is 0 Å². The minimum atomic E-state index is -0.417. The summed E-state index contributed by atoms with van der Waals surface area (Å²) in [7, 11) is 3.54. The molecule has 328 valence electrons. The van der Waals surface area contributed by atoms with Crippen molar-refractivity contribution in [2.75, 3.05) is 40.4 Å². The molecule has 2 heterocycles. The lowest BCUT2D eigenvalue weighted by Crippen LogP contribution is -2.37. The van der Waals surface area contributed by atoms with Crippen LogP contribution in [0.1, 0.15) is 105 Å². The van der Waals surface area contributed by atoms with Gasteiger partial charge in [0.05, 0.1) is 26.3 Å². The number of nitrogens with two attached hydrogens (primary N) is 1. The number of dihydropyridines is 1. The molecule has 6 rings (SSSR count). The normalized spacial score (nSPS) is 18.6. The van der Waals surface area contributed by atoms with E-state index in [2.05, 4.69) is 71.5 Å². The SMILES string of the molecule is CNC[C@H](CC1(CCCC(=O)CC(=O)/C=C(\CO)c2cc(OC)c(O)cc2CC2=CNC(N)C=C2CCc2cccc(CCc3ccccc3)c2)CCCC1)C1CCNCC1. The number of benzene rings is 3. The number of methoxy groups -OCH3 is 1. The van der Waals surface area contributed by atoms with Crippen molar-refractivity contribution in [2.45, 2.75) is 109 Å². The number of ether oxygens (including phenoxy) is 1. The van der Waals surface area contributed by atoms with Gasteiger partial charge in [-0.05, 0) is 190 Å². The van der Waals surface area contributed by atoms with Crippen molar-refractivity contribution >= 4 is 17.1 Å². The zero-order valence-corrected chi connectivity index (χ0v) is 36.7. The van der Waals surface area contributed by atoms with Gasteiger partial charge in [-0.25, -0.2) is 0 Å². The number of Topliss-reactive ketones (excluding diaryl/α,β-unsaturated/α-hetero) is 1. The number of ketones is 2. The maximum absolute atomic E-state index is 13.5. The Morgan fingerprint density at radius 3 is 2.36 bits per heavy atom. The van der Waals surface area contributed by atoms with Crippen LogP contribution in [0.15, 0.2) is 96.2 Å². The standard InChI is InChI=1S/C52H70N4O5/c1-54-34-45(40-19-24-55-25-20-40)33-52(21-6-7-22-52)23-9-14-46(58)31-47(59)28-44(36-57)48-32-50(61-2)49(60)29-42(48)27-43-35-56-51(53)30-41(43)18-17-39-13-8-12-38(26-39)16-15-37-10-4-3-5-11-37/h3-5,8,10-13,26,28-30,32,35,40,45,51,54-57,60H,6-7,9,14-25,27,31,33-34,36,53H2,1-2H3/b44-28+/t45-,51?/m0/s1. The molecule has 0 aromatic heterocycles. The van der Waals surface area contributed by atoms with E-state index < -0.39 is 6.61 Å². The van der Waals surface area contributed by atoms with E-state index in [-0.39, 0.29) is 41.1 Å². The van der Waals surface area contributed by atoms with Crippen LogP contribution in [0.25, 0.3) is 5.57 Å². The average Bonchev–Trinajstić information content (AvgIpc) is 3.74. The molecule has 7 N–H and O–H groups in total. The minimum Gasteiger partial charge on any atom is -0.504 e. The van der Waals surface area contributed by atoms with Crippen molar-refractivity contribution in [1.29, 1.82) is 0 Å². The number of piperidine rings is 1. The molecule has 1 unspecified atom stereocenters. The van der Waals surface area contributed by atoms with E-state index in [1.807, 2.05) is 18.3 Å². The summed E-state index contributed by atoms with van der Waals surface area (Å²) in [5, 5.41) is 31.8. The highest BCUT2D eigenvalue weighted by Gasteiger charge is 2.38. The number of rotatable bonds is 23. The highest BCUT2D eigenvalue weighted by molar-refractivity contribution is 6.07. The number of aliphatic hydroxyl groups excluding tert-OH is 1. The number of nitrogens with one attached hydrogen (secondary N) is 3. The summed E-state index contributed by atoms with van der Waals surface area (Å²) in [5.74, 6) is 1.19.